The first kappa shape index (κ1) is 21.2. The number of thioether (sulfide) groups is 1. The van der Waals surface area contributed by atoms with Gasteiger partial charge < -0.3 is 14.8 Å². The molecule has 0 bridgehead atoms. The lowest BCUT2D eigenvalue weighted by atomic mass is 10.2. The lowest BCUT2D eigenvalue weighted by Gasteiger charge is -2.16. The number of esters is 1. The lowest BCUT2D eigenvalue weighted by molar-refractivity contribution is -0.384. The molecule has 2 rings (SSSR count). The Balaban J connectivity index is 2.09. The van der Waals surface area contributed by atoms with Crippen molar-refractivity contribution in [2.24, 2.45) is 0 Å². The summed E-state index contributed by atoms with van der Waals surface area (Å²) in [4.78, 5) is 35.9. The second-order valence-corrected chi connectivity index (χ2v) is 6.91. The molecule has 1 amide bonds. The fourth-order valence-corrected chi connectivity index (χ4v) is 3.12. The zero-order valence-corrected chi connectivity index (χ0v) is 16.4. The molecule has 0 aromatic heterocycles. The molecule has 0 radical (unpaired) electrons. The van der Waals surface area contributed by atoms with Crippen LogP contribution in [0.25, 0.3) is 0 Å². The van der Waals surface area contributed by atoms with Crippen LogP contribution >= 0.6 is 11.8 Å². The maximum absolute atomic E-state index is 12.4. The summed E-state index contributed by atoms with van der Waals surface area (Å²) in [5.74, 6) is -0.262. The normalized spacial score (nSPS) is 11.4. The van der Waals surface area contributed by atoms with Gasteiger partial charge in [-0.05, 0) is 30.9 Å². The molecule has 0 spiro atoms. The zero-order valence-electron chi connectivity index (χ0n) is 15.6. The van der Waals surface area contributed by atoms with Crippen LogP contribution < -0.4 is 10.1 Å². The van der Waals surface area contributed by atoms with E-state index in [0.29, 0.717) is 5.56 Å². The van der Waals surface area contributed by atoms with Crippen molar-refractivity contribution < 1.29 is 24.0 Å². The van der Waals surface area contributed by atoms with Gasteiger partial charge in [-0.25, -0.2) is 4.79 Å². The molecule has 1 N–H and O–H groups in total. The first-order chi connectivity index (χ1) is 13.4. The summed E-state index contributed by atoms with van der Waals surface area (Å²) in [5, 5.41) is 13.4. The van der Waals surface area contributed by atoms with Crippen molar-refractivity contribution in [2.75, 3.05) is 18.2 Å². The Morgan fingerprint density at radius 1 is 1.25 bits per heavy atom. The Hall–Kier alpha value is -3.07. The van der Waals surface area contributed by atoms with Crippen LogP contribution in [0.3, 0.4) is 0 Å². The third-order valence-electron chi connectivity index (χ3n) is 3.71. The van der Waals surface area contributed by atoms with Gasteiger partial charge in [-0.1, -0.05) is 19.1 Å². The number of benzene rings is 2. The standard InChI is InChI=1S/C19H20N2O6S/c1-4-28-17-8-6-5-7-14(17)19(23)27-12(2)18(22)20-15-10-9-13(21(24)25)11-16(15)26-3/h5-12H,4H2,1-3H3,(H,20,22)/t12-/m1/s1. The summed E-state index contributed by atoms with van der Waals surface area (Å²) in [6.45, 7) is 3.42. The Labute approximate surface area is 166 Å². The molecule has 28 heavy (non-hydrogen) atoms. The van der Waals surface area contributed by atoms with Crippen LogP contribution in [0.15, 0.2) is 47.4 Å². The molecule has 148 valence electrons. The number of carbonyl (C=O) groups is 2. The van der Waals surface area contributed by atoms with Crippen molar-refractivity contribution in [3.8, 4) is 5.75 Å². The summed E-state index contributed by atoms with van der Waals surface area (Å²) in [6.07, 6.45) is -1.08. The number of anilines is 1. The van der Waals surface area contributed by atoms with Crippen molar-refractivity contribution >= 4 is 35.0 Å². The summed E-state index contributed by atoms with van der Waals surface area (Å²) in [6, 6.07) is 10.8. The predicted octanol–water partition coefficient (Wildman–Crippen LogP) is 3.90. The molecule has 0 saturated carbocycles. The number of hydrogen-bond acceptors (Lipinski definition) is 7. The van der Waals surface area contributed by atoms with E-state index in [1.54, 1.807) is 12.1 Å². The lowest BCUT2D eigenvalue weighted by Crippen LogP contribution is -2.30. The Bertz CT molecular complexity index is 886. The number of nitro benzene ring substituents is 1. The second kappa shape index (κ2) is 9.75. The Morgan fingerprint density at radius 2 is 1.96 bits per heavy atom. The van der Waals surface area contributed by atoms with Crippen molar-refractivity contribution in [3.05, 3.63) is 58.1 Å². The van der Waals surface area contributed by atoms with Gasteiger partial charge in [0.15, 0.2) is 6.10 Å². The van der Waals surface area contributed by atoms with Gasteiger partial charge in [-0.15, -0.1) is 11.8 Å². The monoisotopic (exact) mass is 404 g/mol. The van der Waals surface area contributed by atoms with Crippen LogP contribution in [-0.2, 0) is 9.53 Å². The van der Waals surface area contributed by atoms with Crippen LogP contribution in [0.2, 0.25) is 0 Å². The van der Waals surface area contributed by atoms with Crippen molar-refractivity contribution in [2.45, 2.75) is 24.8 Å². The molecule has 1 atom stereocenters. The number of non-ortho nitro benzene ring substituents is 1. The molecular weight excluding hydrogens is 384 g/mol. The van der Waals surface area contributed by atoms with E-state index < -0.39 is 22.9 Å². The predicted molar refractivity (Wildman–Crippen MR) is 106 cm³/mol. The fraction of sp³-hybridized carbons (Fsp3) is 0.263. The van der Waals surface area contributed by atoms with Crippen LogP contribution in [0.4, 0.5) is 11.4 Å². The summed E-state index contributed by atoms with van der Waals surface area (Å²) < 4.78 is 10.4. The number of rotatable bonds is 8. The van der Waals surface area contributed by atoms with Crippen molar-refractivity contribution in [3.63, 3.8) is 0 Å². The molecule has 2 aromatic carbocycles. The van der Waals surface area contributed by atoms with Gasteiger partial charge in [0.2, 0.25) is 0 Å². The molecule has 2 aromatic rings. The van der Waals surface area contributed by atoms with Gasteiger partial charge in [0.25, 0.3) is 11.6 Å². The number of carbonyl (C=O) groups excluding carboxylic acids is 2. The minimum Gasteiger partial charge on any atom is -0.494 e. The van der Waals surface area contributed by atoms with Gasteiger partial charge in [0, 0.05) is 11.0 Å². The van der Waals surface area contributed by atoms with Crippen LogP contribution in [0.5, 0.6) is 5.75 Å². The Kier molecular flexibility index (Phi) is 7.39. The summed E-state index contributed by atoms with van der Waals surface area (Å²) in [7, 11) is 1.33. The van der Waals surface area contributed by atoms with Gasteiger partial charge in [-0.3, -0.25) is 14.9 Å². The average Bonchev–Trinajstić information content (AvgIpc) is 2.68. The highest BCUT2D eigenvalue weighted by atomic mass is 32.2. The van der Waals surface area contributed by atoms with Crippen LogP contribution in [-0.4, -0.2) is 35.8 Å². The number of hydrogen-bond donors (Lipinski definition) is 1. The first-order valence-electron chi connectivity index (χ1n) is 8.43. The molecule has 0 aliphatic carbocycles. The smallest absolute Gasteiger partial charge is 0.340 e. The first-order valence-corrected chi connectivity index (χ1v) is 9.42. The quantitative estimate of drug-likeness (QED) is 0.308. The molecule has 0 unspecified atom stereocenters. The second-order valence-electron chi connectivity index (χ2n) is 5.61. The molecule has 0 aliphatic rings. The minimum absolute atomic E-state index is 0.130. The van der Waals surface area contributed by atoms with E-state index in [9.17, 15) is 19.7 Å². The number of ether oxygens (including phenoxy) is 2. The fourth-order valence-electron chi connectivity index (χ4n) is 2.33. The maximum atomic E-state index is 12.4. The molecule has 9 heteroatoms. The topological polar surface area (TPSA) is 108 Å². The highest BCUT2D eigenvalue weighted by Gasteiger charge is 2.22. The third kappa shape index (κ3) is 5.23. The third-order valence-corrected chi connectivity index (χ3v) is 4.67. The van der Waals surface area contributed by atoms with E-state index in [2.05, 4.69) is 5.32 Å². The van der Waals surface area contributed by atoms with Crippen molar-refractivity contribution in [1.82, 2.24) is 0 Å². The summed E-state index contributed by atoms with van der Waals surface area (Å²) in [5.41, 5.74) is 0.462. The van der Waals surface area contributed by atoms with Crippen molar-refractivity contribution in [1.29, 1.82) is 0 Å². The number of nitrogens with zero attached hydrogens (tertiary/aromatic N) is 1. The van der Waals surface area contributed by atoms with Gasteiger partial charge in [0.1, 0.15) is 5.75 Å². The average molecular weight is 404 g/mol. The zero-order chi connectivity index (χ0) is 20.7. The molecule has 0 saturated heterocycles. The molecular formula is C19H20N2O6S. The number of nitrogens with one attached hydrogen (secondary N) is 1. The van der Waals surface area contributed by atoms with Gasteiger partial charge in [-0.2, -0.15) is 0 Å². The van der Waals surface area contributed by atoms with Gasteiger partial charge >= 0.3 is 5.97 Å². The number of amides is 1. The highest BCUT2D eigenvalue weighted by molar-refractivity contribution is 7.99. The summed E-state index contributed by atoms with van der Waals surface area (Å²) >= 11 is 1.50. The molecule has 0 aliphatic heterocycles. The molecule has 8 nitrogen and oxygen atoms in total. The van der Waals surface area contributed by atoms with Crippen LogP contribution in [0, 0.1) is 10.1 Å². The van der Waals surface area contributed by atoms with Gasteiger partial charge in [0.05, 0.1) is 29.4 Å². The number of methoxy groups -OCH3 is 1. The minimum atomic E-state index is -1.08. The maximum Gasteiger partial charge on any atom is 0.340 e. The van der Waals surface area contributed by atoms with Crippen LogP contribution in [0.1, 0.15) is 24.2 Å². The van der Waals surface area contributed by atoms with E-state index in [-0.39, 0.29) is 17.1 Å². The Morgan fingerprint density at radius 3 is 2.61 bits per heavy atom. The SMILES string of the molecule is CCSc1ccccc1C(=O)O[C@H](C)C(=O)Nc1ccc([N+](=O)[O-])cc1OC. The highest BCUT2D eigenvalue weighted by Crippen LogP contribution is 2.29. The van der Waals surface area contributed by atoms with E-state index in [0.717, 1.165) is 10.6 Å². The van der Waals surface area contributed by atoms with E-state index in [1.165, 1.54) is 44.0 Å². The molecule has 0 fully saturated rings. The van der Waals surface area contributed by atoms with E-state index in [1.807, 2.05) is 19.1 Å². The largest absolute Gasteiger partial charge is 0.494 e. The molecule has 0 heterocycles. The number of nitro groups is 1. The van der Waals surface area contributed by atoms with E-state index in [4.69, 9.17) is 9.47 Å². The van der Waals surface area contributed by atoms with E-state index >= 15 is 0 Å².